The molecule has 0 aliphatic carbocycles. The topological polar surface area (TPSA) is 71.1 Å². The number of carbonyl (C=O) groups is 2. The second kappa shape index (κ2) is 11.6. The third-order valence-corrected chi connectivity index (χ3v) is 4.81. The summed E-state index contributed by atoms with van der Waals surface area (Å²) in [6, 6.07) is 22.0. The minimum atomic E-state index is -0.313. The maximum Gasteiger partial charge on any atom is 0.310 e. The molecule has 0 saturated carbocycles. The molecular weight excluding hydrogens is 408 g/mol. The van der Waals surface area contributed by atoms with Crippen molar-refractivity contribution in [3.8, 4) is 11.5 Å². The molecule has 0 saturated heterocycles. The Bertz CT molecular complexity index is 944. The molecule has 3 rings (SSSR count). The van der Waals surface area contributed by atoms with Gasteiger partial charge in [-0.05, 0) is 52.6 Å². The Morgan fingerprint density at radius 3 is 1.38 bits per heavy atom. The average molecular weight is 434 g/mol. The van der Waals surface area contributed by atoms with E-state index in [1.807, 2.05) is 72.8 Å². The Balaban J connectivity index is 1.44. The van der Waals surface area contributed by atoms with E-state index < -0.39 is 0 Å². The quantitative estimate of drug-likeness (QED) is 0.444. The first kappa shape index (κ1) is 22.9. The number of methoxy groups -OCH3 is 2. The lowest BCUT2D eigenvalue weighted by Crippen LogP contribution is -2.09. The minimum Gasteiger partial charge on any atom is -0.497 e. The van der Waals surface area contributed by atoms with Crippen LogP contribution >= 0.6 is 0 Å². The summed E-state index contributed by atoms with van der Waals surface area (Å²) in [5.74, 6) is 0.852. The van der Waals surface area contributed by atoms with E-state index in [1.54, 1.807) is 14.2 Å². The van der Waals surface area contributed by atoms with Crippen molar-refractivity contribution in [1.29, 1.82) is 0 Å². The van der Waals surface area contributed by atoms with Gasteiger partial charge >= 0.3 is 11.9 Å². The van der Waals surface area contributed by atoms with Crippen LogP contribution in [0.15, 0.2) is 72.8 Å². The summed E-state index contributed by atoms with van der Waals surface area (Å²) in [5, 5.41) is 0. The second-order valence-electron chi connectivity index (χ2n) is 7.19. The summed E-state index contributed by atoms with van der Waals surface area (Å²) in [5.41, 5.74) is 3.37. The van der Waals surface area contributed by atoms with Gasteiger partial charge in [0.05, 0.1) is 27.1 Å². The summed E-state index contributed by atoms with van der Waals surface area (Å²) in [4.78, 5) is 24.2. The summed E-state index contributed by atoms with van der Waals surface area (Å²) < 4.78 is 21.0. The molecule has 32 heavy (non-hydrogen) atoms. The molecule has 0 fully saturated rings. The van der Waals surface area contributed by atoms with Crippen molar-refractivity contribution in [3.63, 3.8) is 0 Å². The predicted octanol–water partition coefficient (Wildman–Crippen LogP) is 4.28. The Morgan fingerprint density at radius 1 is 0.594 bits per heavy atom. The van der Waals surface area contributed by atoms with Crippen LogP contribution in [-0.2, 0) is 45.1 Å². The fourth-order valence-corrected chi connectivity index (χ4v) is 3.06. The van der Waals surface area contributed by atoms with Crippen molar-refractivity contribution in [2.45, 2.75) is 26.1 Å². The van der Waals surface area contributed by atoms with Crippen molar-refractivity contribution >= 4 is 11.9 Å². The van der Waals surface area contributed by atoms with Crippen LogP contribution in [0.4, 0.5) is 0 Å². The maximum absolute atomic E-state index is 12.1. The fraction of sp³-hybridized carbons (Fsp3) is 0.231. The zero-order valence-electron chi connectivity index (χ0n) is 18.2. The van der Waals surface area contributed by atoms with Crippen LogP contribution in [0.5, 0.6) is 11.5 Å². The van der Waals surface area contributed by atoms with Crippen molar-refractivity contribution in [3.05, 3.63) is 95.1 Å². The highest BCUT2D eigenvalue weighted by atomic mass is 16.5. The van der Waals surface area contributed by atoms with Crippen LogP contribution in [0.2, 0.25) is 0 Å². The fourth-order valence-electron chi connectivity index (χ4n) is 3.06. The van der Waals surface area contributed by atoms with Gasteiger partial charge in [0.25, 0.3) is 0 Å². The van der Waals surface area contributed by atoms with Crippen LogP contribution in [0.3, 0.4) is 0 Å². The van der Waals surface area contributed by atoms with Crippen molar-refractivity contribution in [1.82, 2.24) is 0 Å². The van der Waals surface area contributed by atoms with E-state index in [9.17, 15) is 9.59 Å². The molecule has 0 spiro atoms. The summed E-state index contributed by atoms with van der Waals surface area (Å²) in [6.07, 6.45) is 0.374. The molecule has 0 heterocycles. The smallest absolute Gasteiger partial charge is 0.310 e. The zero-order valence-corrected chi connectivity index (χ0v) is 18.2. The van der Waals surface area contributed by atoms with E-state index in [1.165, 1.54) is 0 Å². The molecule has 0 atom stereocenters. The monoisotopic (exact) mass is 434 g/mol. The van der Waals surface area contributed by atoms with Gasteiger partial charge < -0.3 is 18.9 Å². The van der Waals surface area contributed by atoms with Gasteiger partial charge in [-0.15, -0.1) is 0 Å². The van der Waals surface area contributed by atoms with Gasteiger partial charge in [0.2, 0.25) is 0 Å². The highest BCUT2D eigenvalue weighted by Crippen LogP contribution is 2.14. The normalized spacial score (nSPS) is 10.3. The number of benzene rings is 3. The third kappa shape index (κ3) is 7.16. The molecule has 166 valence electrons. The van der Waals surface area contributed by atoms with E-state index in [-0.39, 0.29) is 38.0 Å². The number of esters is 2. The molecule has 0 unspecified atom stereocenters. The van der Waals surface area contributed by atoms with Crippen LogP contribution < -0.4 is 9.47 Å². The molecule has 0 N–H and O–H groups in total. The van der Waals surface area contributed by atoms with Crippen molar-refractivity contribution in [2.24, 2.45) is 0 Å². The van der Waals surface area contributed by atoms with E-state index in [2.05, 4.69) is 0 Å². The third-order valence-electron chi connectivity index (χ3n) is 4.81. The van der Waals surface area contributed by atoms with Gasteiger partial charge in [-0.3, -0.25) is 9.59 Å². The highest BCUT2D eigenvalue weighted by Gasteiger charge is 2.08. The van der Waals surface area contributed by atoms with Crippen molar-refractivity contribution < 1.29 is 28.5 Å². The molecule has 0 aliphatic heterocycles. The first-order valence-corrected chi connectivity index (χ1v) is 10.2. The van der Waals surface area contributed by atoms with Crippen molar-refractivity contribution in [2.75, 3.05) is 14.2 Å². The van der Waals surface area contributed by atoms with Crippen LogP contribution in [0.1, 0.15) is 22.3 Å². The van der Waals surface area contributed by atoms with Gasteiger partial charge in [0.15, 0.2) is 0 Å². The lowest BCUT2D eigenvalue weighted by atomic mass is 10.1. The second-order valence-corrected chi connectivity index (χ2v) is 7.19. The minimum absolute atomic E-state index is 0.155. The molecule has 0 amide bonds. The number of rotatable bonds is 10. The highest BCUT2D eigenvalue weighted by molar-refractivity contribution is 5.73. The van der Waals surface area contributed by atoms with Crippen LogP contribution in [-0.4, -0.2) is 26.2 Å². The molecule has 3 aromatic carbocycles. The number of hydrogen-bond donors (Lipinski definition) is 0. The van der Waals surface area contributed by atoms with E-state index in [0.717, 1.165) is 33.8 Å². The summed E-state index contributed by atoms with van der Waals surface area (Å²) in [7, 11) is 3.19. The molecule has 0 bridgehead atoms. The first-order chi connectivity index (χ1) is 15.6. The number of carbonyl (C=O) groups excluding carboxylic acids is 2. The molecule has 6 nitrogen and oxygen atoms in total. The lowest BCUT2D eigenvalue weighted by Gasteiger charge is -2.09. The van der Waals surface area contributed by atoms with Crippen LogP contribution in [0.25, 0.3) is 0 Å². The van der Waals surface area contributed by atoms with Gasteiger partial charge in [0.1, 0.15) is 24.7 Å². The summed E-state index contributed by atoms with van der Waals surface area (Å²) in [6.45, 7) is 0.311. The Labute approximate surface area is 187 Å². The Hall–Kier alpha value is -3.80. The molecular formula is C26H26O6. The largest absolute Gasteiger partial charge is 0.497 e. The maximum atomic E-state index is 12.1. The number of hydrogen-bond acceptors (Lipinski definition) is 6. The standard InChI is InChI=1S/C26H26O6/c1-29-23-10-6-19(7-11-23)15-25(27)31-17-21-4-3-5-22(14-21)18-32-26(28)16-20-8-12-24(30-2)13-9-20/h3-14H,15-18H2,1-2H3. The first-order valence-electron chi connectivity index (χ1n) is 10.2. The number of ether oxygens (including phenoxy) is 4. The predicted molar refractivity (Wildman–Crippen MR) is 119 cm³/mol. The SMILES string of the molecule is COc1ccc(CC(=O)OCc2cccc(COC(=O)Cc3ccc(OC)cc3)c2)cc1. The zero-order chi connectivity index (χ0) is 22.8. The molecule has 6 heteroatoms. The van der Waals surface area contributed by atoms with Gasteiger partial charge in [-0.25, -0.2) is 0 Å². The molecule has 3 aromatic rings. The Kier molecular flexibility index (Phi) is 8.26. The average Bonchev–Trinajstić information content (AvgIpc) is 2.83. The van der Waals surface area contributed by atoms with Crippen LogP contribution in [0, 0.1) is 0 Å². The molecule has 0 aliphatic rings. The molecule has 0 aromatic heterocycles. The van der Waals surface area contributed by atoms with Gasteiger partial charge in [-0.1, -0.05) is 42.5 Å². The van der Waals surface area contributed by atoms with Gasteiger partial charge in [0, 0.05) is 0 Å². The van der Waals surface area contributed by atoms with E-state index >= 15 is 0 Å². The summed E-state index contributed by atoms with van der Waals surface area (Å²) >= 11 is 0. The van der Waals surface area contributed by atoms with E-state index in [0.29, 0.717) is 0 Å². The Morgan fingerprint density at radius 2 is 1.00 bits per heavy atom. The molecule has 0 radical (unpaired) electrons. The lowest BCUT2D eigenvalue weighted by molar-refractivity contribution is -0.144. The van der Waals surface area contributed by atoms with E-state index in [4.69, 9.17) is 18.9 Å². The van der Waals surface area contributed by atoms with Gasteiger partial charge in [-0.2, -0.15) is 0 Å².